The molecule has 5 heteroatoms. The summed E-state index contributed by atoms with van der Waals surface area (Å²) < 4.78 is 10.7. The van der Waals surface area contributed by atoms with E-state index in [4.69, 9.17) is 9.47 Å². The van der Waals surface area contributed by atoms with Gasteiger partial charge in [-0.25, -0.2) is 0 Å². The third-order valence-corrected chi connectivity index (χ3v) is 11.4. The molecule has 0 aliphatic heterocycles. The van der Waals surface area contributed by atoms with Crippen LogP contribution in [0.1, 0.15) is 264 Å². The molecule has 0 amide bonds. The van der Waals surface area contributed by atoms with Crippen LogP contribution in [0.15, 0.2) is 48.6 Å². The second-order valence-corrected chi connectivity index (χ2v) is 17.2. The minimum atomic E-state index is -0.776. The van der Waals surface area contributed by atoms with E-state index in [1.54, 1.807) is 0 Å². The summed E-state index contributed by atoms with van der Waals surface area (Å²) in [5.41, 5.74) is 0. The van der Waals surface area contributed by atoms with Crippen molar-refractivity contribution in [3.8, 4) is 0 Å². The Kier molecular flexibility index (Phi) is 48.4. The summed E-state index contributed by atoms with van der Waals surface area (Å²) in [4.78, 5) is 24.5. The summed E-state index contributed by atoms with van der Waals surface area (Å²) in [6, 6.07) is 0. The molecule has 0 saturated carbocycles. The lowest BCUT2D eigenvalue weighted by Crippen LogP contribution is -2.28. The number of rotatable bonds is 47. The highest BCUT2D eigenvalue weighted by atomic mass is 16.6. The van der Waals surface area contributed by atoms with Crippen LogP contribution in [0.5, 0.6) is 0 Å². The minimum absolute atomic E-state index is 0.0667. The summed E-state index contributed by atoms with van der Waals surface area (Å²) >= 11 is 0. The minimum Gasteiger partial charge on any atom is -0.462 e. The smallest absolute Gasteiger partial charge is 0.306 e. The van der Waals surface area contributed by atoms with E-state index in [0.29, 0.717) is 12.8 Å². The normalized spacial score (nSPS) is 12.5. The average Bonchev–Trinajstić information content (AvgIpc) is 3.24. The largest absolute Gasteiger partial charge is 0.462 e. The van der Waals surface area contributed by atoms with Crippen molar-refractivity contribution < 1.29 is 24.2 Å². The Morgan fingerprint density at radius 2 is 0.729 bits per heavy atom. The van der Waals surface area contributed by atoms with Crippen molar-refractivity contribution in [2.24, 2.45) is 0 Å². The first kappa shape index (κ1) is 56.9. The van der Waals surface area contributed by atoms with Gasteiger partial charge in [0.1, 0.15) is 6.61 Å². The van der Waals surface area contributed by atoms with Gasteiger partial charge in [0.2, 0.25) is 0 Å². The van der Waals surface area contributed by atoms with Gasteiger partial charge in [-0.3, -0.25) is 9.59 Å². The van der Waals surface area contributed by atoms with Crippen molar-refractivity contribution >= 4 is 11.9 Å². The fourth-order valence-corrected chi connectivity index (χ4v) is 7.55. The number of carbonyl (C=O) groups excluding carboxylic acids is 2. The number of hydrogen-bond donors (Lipinski definition) is 1. The van der Waals surface area contributed by atoms with Crippen LogP contribution in [0.3, 0.4) is 0 Å². The topological polar surface area (TPSA) is 72.8 Å². The van der Waals surface area contributed by atoms with Crippen molar-refractivity contribution in [1.29, 1.82) is 0 Å². The lowest BCUT2D eigenvalue weighted by Gasteiger charge is -2.15. The molecule has 0 aliphatic carbocycles. The number of esters is 2. The van der Waals surface area contributed by atoms with Gasteiger partial charge in [-0.05, 0) is 51.4 Å². The fraction of sp³-hybridized carbons (Fsp3) is 0.815. The number of aliphatic hydroxyl groups excluding tert-OH is 1. The molecule has 0 aromatic rings. The van der Waals surface area contributed by atoms with Crippen LogP contribution in [0.2, 0.25) is 0 Å². The molecule has 0 saturated heterocycles. The van der Waals surface area contributed by atoms with Gasteiger partial charge in [0.15, 0.2) is 6.10 Å². The maximum absolute atomic E-state index is 12.3. The lowest BCUT2D eigenvalue weighted by atomic mass is 10.0. The monoisotopic (exact) mass is 827 g/mol. The van der Waals surface area contributed by atoms with E-state index in [-0.39, 0.29) is 25.2 Å². The molecule has 1 N–H and O–H groups in total. The predicted molar refractivity (Wildman–Crippen MR) is 256 cm³/mol. The van der Waals surface area contributed by atoms with E-state index in [1.165, 1.54) is 167 Å². The predicted octanol–water partition coefficient (Wildman–Crippen LogP) is 16.9. The van der Waals surface area contributed by atoms with E-state index in [1.807, 2.05) is 0 Å². The van der Waals surface area contributed by atoms with Crippen LogP contribution < -0.4 is 0 Å². The first-order valence-corrected chi connectivity index (χ1v) is 25.7. The van der Waals surface area contributed by atoms with Gasteiger partial charge in [-0.15, -0.1) is 0 Å². The van der Waals surface area contributed by atoms with Gasteiger partial charge < -0.3 is 14.6 Å². The van der Waals surface area contributed by atoms with Crippen LogP contribution in [-0.4, -0.2) is 36.4 Å². The second kappa shape index (κ2) is 50.2. The van der Waals surface area contributed by atoms with Crippen molar-refractivity contribution in [3.63, 3.8) is 0 Å². The van der Waals surface area contributed by atoms with Crippen LogP contribution in [0, 0.1) is 0 Å². The van der Waals surface area contributed by atoms with Gasteiger partial charge in [-0.2, -0.15) is 0 Å². The van der Waals surface area contributed by atoms with Gasteiger partial charge in [0.05, 0.1) is 6.61 Å². The molecule has 5 nitrogen and oxygen atoms in total. The molecular formula is C54H98O5. The summed E-state index contributed by atoms with van der Waals surface area (Å²) in [6.45, 7) is 4.05. The van der Waals surface area contributed by atoms with Gasteiger partial charge in [0, 0.05) is 12.8 Å². The standard InChI is InChI=1S/C54H98O5/c1-3-5-7-9-11-13-15-17-19-21-23-25-26-27-29-30-32-34-36-38-40-42-44-46-48-53(56)58-51-52(50-55)59-54(57)49-47-45-43-41-39-37-35-33-31-28-24-22-20-18-16-14-12-10-8-6-4-2/h6,8,12,14,18,20,24,28,52,55H,3-5,7,9-11,13,15-17,19,21-23,25-27,29-51H2,1-2H3/b8-6-,14-12-,20-18-,28-24-. The molecule has 0 aliphatic rings. The molecule has 0 aromatic carbocycles. The van der Waals surface area contributed by atoms with Gasteiger partial charge in [0.25, 0.3) is 0 Å². The average molecular weight is 827 g/mol. The molecule has 0 spiro atoms. The van der Waals surface area contributed by atoms with E-state index in [2.05, 4.69) is 62.5 Å². The molecule has 344 valence electrons. The number of aliphatic hydroxyl groups is 1. The number of allylic oxidation sites excluding steroid dienone is 8. The molecular weight excluding hydrogens is 729 g/mol. The van der Waals surface area contributed by atoms with Crippen molar-refractivity contribution in [2.45, 2.75) is 270 Å². The zero-order valence-electron chi connectivity index (χ0n) is 39.3. The van der Waals surface area contributed by atoms with Crippen LogP contribution in [0.25, 0.3) is 0 Å². The molecule has 0 radical (unpaired) electrons. The Hall–Kier alpha value is -2.14. The first-order valence-electron chi connectivity index (χ1n) is 25.7. The zero-order valence-corrected chi connectivity index (χ0v) is 39.3. The summed E-state index contributed by atoms with van der Waals surface area (Å²) in [5.74, 6) is -0.589. The SMILES string of the molecule is CC/C=C\C/C=C\C/C=C\C/C=C\CCCCCCCCCCC(=O)OC(CO)COC(=O)CCCCCCCCCCCCCCCCCCCCCCCCCC. The first-order chi connectivity index (χ1) is 29.1. The highest BCUT2D eigenvalue weighted by Gasteiger charge is 2.16. The van der Waals surface area contributed by atoms with E-state index < -0.39 is 6.10 Å². The maximum Gasteiger partial charge on any atom is 0.306 e. The highest BCUT2D eigenvalue weighted by molar-refractivity contribution is 5.70. The fourth-order valence-electron chi connectivity index (χ4n) is 7.55. The van der Waals surface area contributed by atoms with E-state index >= 15 is 0 Å². The van der Waals surface area contributed by atoms with Gasteiger partial charge >= 0.3 is 11.9 Å². The van der Waals surface area contributed by atoms with Crippen LogP contribution >= 0.6 is 0 Å². The number of carbonyl (C=O) groups is 2. The summed E-state index contributed by atoms with van der Waals surface area (Å²) in [7, 11) is 0. The number of unbranched alkanes of at least 4 members (excludes halogenated alkanes) is 31. The molecule has 0 bridgehead atoms. The van der Waals surface area contributed by atoms with Crippen molar-refractivity contribution in [2.75, 3.05) is 13.2 Å². The Morgan fingerprint density at radius 1 is 0.407 bits per heavy atom. The van der Waals surface area contributed by atoms with Crippen LogP contribution in [0.4, 0.5) is 0 Å². The quantitative estimate of drug-likeness (QED) is 0.0376. The molecule has 0 rings (SSSR count). The zero-order chi connectivity index (χ0) is 42.8. The van der Waals surface area contributed by atoms with Crippen molar-refractivity contribution in [3.05, 3.63) is 48.6 Å². The molecule has 0 aromatic heterocycles. The summed E-state index contributed by atoms with van der Waals surface area (Å²) in [5, 5.41) is 9.63. The third kappa shape index (κ3) is 48.4. The van der Waals surface area contributed by atoms with Crippen LogP contribution in [-0.2, 0) is 19.1 Å². The number of ether oxygens (including phenoxy) is 2. The van der Waals surface area contributed by atoms with E-state index in [9.17, 15) is 14.7 Å². The molecule has 59 heavy (non-hydrogen) atoms. The lowest BCUT2D eigenvalue weighted by molar-refractivity contribution is -0.161. The Labute approximate surface area is 367 Å². The third-order valence-electron chi connectivity index (χ3n) is 11.4. The maximum atomic E-state index is 12.3. The molecule has 0 heterocycles. The summed E-state index contributed by atoms with van der Waals surface area (Å²) in [6.07, 6.45) is 64.9. The number of hydrogen-bond acceptors (Lipinski definition) is 5. The van der Waals surface area contributed by atoms with Crippen molar-refractivity contribution in [1.82, 2.24) is 0 Å². The molecule has 0 fully saturated rings. The molecule has 1 unspecified atom stereocenters. The van der Waals surface area contributed by atoms with Gasteiger partial charge in [-0.1, -0.05) is 249 Å². The Morgan fingerprint density at radius 3 is 1.10 bits per heavy atom. The second-order valence-electron chi connectivity index (χ2n) is 17.2. The Balaban J connectivity index is 3.48. The van der Waals surface area contributed by atoms with E-state index in [0.717, 1.165) is 70.6 Å². The highest BCUT2D eigenvalue weighted by Crippen LogP contribution is 2.17. The Bertz CT molecular complexity index is 981. The molecule has 1 atom stereocenters.